The number of halogens is 1. The van der Waals surface area contributed by atoms with Gasteiger partial charge in [-0.15, -0.1) is 0 Å². The summed E-state index contributed by atoms with van der Waals surface area (Å²) in [6.45, 7) is 4.73. The molecule has 0 aromatic heterocycles. The molecule has 0 spiro atoms. The van der Waals surface area contributed by atoms with Crippen molar-refractivity contribution < 1.29 is 4.79 Å². The third kappa shape index (κ3) is 4.50. The summed E-state index contributed by atoms with van der Waals surface area (Å²) in [5.41, 5.74) is 4.20. The fourth-order valence-electron chi connectivity index (χ4n) is 2.00. The highest BCUT2D eigenvalue weighted by Gasteiger charge is 2.05. The summed E-state index contributed by atoms with van der Waals surface area (Å²) in [7, 11) is 0. The molecule has 0 aliphatic carbocycles. The molecule has 110 valence electrons. The molecule has 2 rings (SSSR count). The molecule has 0 atom stereocenters. The number of carbonyl (C=O) groups is 1. The van der Waals surface area contributed by atoms with Crippen LogP contribution in [0, 0.1) is 13.8 Å². The Kier molecular flexibility index (Phi) is 5.23. The zero-order valence-electron chi connectivity index (χ0n) is 12.2. The second kappa shape index (κ2) is 7.14. The molecule has 0 unspecified atom stereocenters. The Labute approximate surface area is 130 Å². The molecule has 3 nitrogen and oxygen atoms in total. The Bertz CT molecular complexity index is 640. The number of nitrogens with one attached hydrogen (secondary N) is 2. The van der Waals surface area contributed by atoms with Gasteiger partial charge in [-0.1, -0.05) is 41.9 Å². The van der Waals surface area contributed by atoms with Crippen molar-refractivity contribution in [1.82, 2.24) is 5.32 Å². The molecule has 0 bridgehead atoms. The van der Waals surface area contributed by atoms with E-state index in [0.29, 0.717) is 11.6 Å². The summed E-state index contributed by atoms with van der Waals surface area (Å²) >= 11 is 6.05. The van der Waals surface area contributed by atoms with Crippen LogP contribution in [0.4, 0.5) is 5.69 Å². The largest absolute Gasteiger partial charge is 0.376 e. The second-order valence-electron chi connectivity index (χ2n) is 5.04. The average molecular weight is 303 g/mol. The van der Waals surface area contributed by atoms with Crippen LogP contribution in [0.15, 0.2) is 42.5 Å². The van der Waals surface area contributed by atoms with Gasteiger partial charge in [0.2, 0.25) is 5.91 Å². The van der Waals surface area contributed by atoms with Crippen molar-refractivity contribution in [2.45, 2.75) is 20.4 Å². The molecule has 0 saturated heterocycles. The van der Waals surface area contributed by atoms with Gasteiger partial charge in [-0.3, -0.25) is 4.79 Å². The number of benzene rings is 2. The summed E-state index contributed by atoms with van der Waals surface area (Å²) < 4.78 is 0. The van der Waals surface area contributed by atoms with Crippen molar-refractivity contribution in [2.24, 2.45) is 0 Å². The van der Waals surface area contributed by atoms with Gasteiger partial charge >= 0.3 is 0 Å². The van der Waals surface area contributed by atoms with Crippen LogP contribution in [0.25, 0.3) is 0 Å². The van der Waals surface area contributed by atoms with Crippen LogP contribution in [0.3, 0.4) is 0 Å². The molecule has 0 saturated carbocycles. The lowest BCUT2D eigenvalue weighted by atomic mass is 10.1. The number of amides is 1. The average Bonchev–Trinajstić information content (AvgIpc) is 2.47. The Balaban J connectivity index is 1.85. The quantitative estimate of drug-likeness (QED) is 0.884. The fraction of sp³-hybridized carbons (Fsp3) is 0.235. The predicted molar refractivity (Wildman–Crippen MR) is 87.7 cm³/mol. The molecule has 0 heterocycles. The lowest BCUT2D eigenvalue weighted by Gasteiger charge is -2.11. The van der Waals surface area contributed by atoms with E-state index in [1.807, 2.05) is 50.2 Å². The number of rotatable bonds is 5. The number of carbonyl (C=O) groups excluding carboxylic acids is 1. The zero-order valence-corrected chi connectivity index (χ0v) is 13.0. The first-order chi connectivity index (χ1) is 10.1. The van der Waals surface area contributed by atoms with E-state index >= 15 is 0 Å². The van der Waals surface area contributed by atoms with Crippen molar-refractivity contribution >= 4 is 23.2 Å². The molecule has 0 aliphatic rings. The highest BCUT2D eigenvalue weighted by molar-refractivity contribution is 6.31. The van der Waals surface area contributed by atoms with E-state index in [9.17, 15) is 4.79 Å². The molecule has 1 amide bonds. The van der Waals surface area contributed by atoms with E-state index in [1.165, 1.54) is 5.56 Å². The number of aryl methyl sites for hydroxylation is 2. The van der Waals surface area contributed by atoms with Gasteiger partial charge < -0.3 is 10.6 Å². The first kappa shape index (κ1) is 15.4. The lowest BCUT2D eigenvalue weighted by Crippen LogP contribution is -2.29. The maximum absolute atomic E-state index is 11.9. The van der Waals surface area contributed by atoms with E-state index in [4.69, 9.17) is 11.6 Å². The molecule has 2 aromatic carbocycles. The number of anilines is 1. The third-order valence-corrected chi connectivity index (χ3v) is 3.64. The van der Waals surface area contributed by atoms with Crippen molar-refractivity contribution in [3.8, 4) is 0 Å². The summed E-state index contributed by atoms with van der Waals surface area (Å²) in [6.07, 6.45) is 0. The Hall–Kier alpha value is -2.00. The fourth-order valence-corrected chi connectivity index (χ4v) is 2.20. The van der Waals surface area contributed by atoms with Gasteiger partial charge in [0.25, 0.3) is 0 Å². The Morgan fingerprint density at radius 2 is 1.90 bits per heavy atom. The SMILES string of the molecule is Cc1ccc(C)c(NCC(=O)NCc2ccccc2Cl)c1. The van der Waals surface area contributed by atoms with Crippen molar-refractivity contribution in [3.63, 3.8) is 0 Å². The molecular weight excluding hydrogens is 284 g/mol. The molecular formula is C17H19ClN2O. The van der Waals surface area contributed by atoms with Gasteiger partial charge in [0.15, 0.2) is 0 Å². The van der Waals surface area contributed by atoms with Crippen molar-refractivity contribution in [1.29, 1.82) is 0 Å². The van der Waals surface area contributed by atoms with Gasteiger partial charge in [-0.25, -0.2) is 0 Å². The first-order valence-corrected chi connectivity index (χ1v) is 7.25. The third-order valence-electron chi connectivity index (χ3n) is 3.27. The molecule has 0 radical (unpaired) electrons. The van der Waals surface area contributed by atoms with E-state index in [-0.39, 0.29) is 12.5 Å². The Morgan fingerprint density at radius 1 is 1.14 bits per heavy atom. The minimum absolute atomic E-state index is 0.0594. The van der Waals surface area contributed by atoms with Crippen molar-refractivity contribution in [3.05, 3.63) is 64.2 Å². The maximum atomic E-state index is 11.9. The summed E-state index contributed by atoms with van der Waals surface area (Å²) in [6, 6.07) is 13.6. The van der Waals surface area contributed by atoms with Crippen molar-refractivity contribution in [2.75, 3.05) is 11.9 Å². The van der Waals surface area contributed by atoms with Gasteiger partial charge in [0.1, 0.15) is 0 Å². The molecule has 2 N–H and O–H groups in total. The van der Waals surface area contributed by atoms with Gasteiger partial charge in [-0.05, 0) is 42.7 Å². The van der Waals surface area contributed by atoms with Gasteiger partial charge in [-0.2, -0.15) is 0 Å². The molecule has 0 aliphatic heterocycles. The van der Waals surface area contributed by atoms with Crippen LogP contribution in [-0.4, -0.2) is 12.5 Å². The zero-order chi connectivity index (χ0) is 15.2. The standard InChI is InChI=1S/C17H19ClN2O/c1-12-7-8-13(2)16(9-12)19-11-17(21)20-10-14-5-3-4-6-15(14)18/h3-9,19H,10-11H2,1-2H3,(H,20,21). The van der Waals surface area contributed by atoms with E-state index in [2.05, 4.69) is 16.7 Å². The highest BCUT2D eigenvalue weighted by Crippen LogP contribution is 2.16. The summed E-state index contributed by atoms with van der Waals surface area (Å²) in [4.78, 5) is 11.9. The van der Waals surface area contributed by atoms with Gasteiger partial charge in [0.05, 0.1) is 6.54 Å². The second-order valence-corrected chi connectivity index (χ2v) is 5.45. The smallest absolute Gasteiger partial charge is 0.239 e. The van der Waals surface area contributed by atoms with E-state index in [0.717, 1.165) is 16.8 Å². The monoisotopic (exact) mass is 302 g/mol. The van der Waals surface area contributed by atoms with E-state index < -0.39 is 0 Å². The maximum Gasteiger partial charge on any atom is 0.239 e. The Morgan fingerprint density at radius 3 is 2.67 bits per heavy atom. The van der Waals surface area contributed by atoms with Crippen LogP contribution in [-0.2, 0) is 11.3 Å². The predicted octanol–water partition coefficient (Wildman–Crippen LogP) is 3.69. The molecule has 21 heavy (non-hydrogen) atoms. The topological polar surface area (TPSA) is 41.1 Å². The molecule has 0 fully saturated rings. The van der Waals surface area contributed by atoms with Crippen LogP contribution < -0.4 is 10.6 Å². The summed E-state index contributed by atoms with van der Waals surface area (Å²) in [5, 5.41) is 6.68. The van der Waals surface area contributed by atoms with Crippen LogP contribution in [0.2, 0.25) is 5.02 Å². The summed E-state index contributed by atoms with van der Waals surface area (Å²) in [5.74, 6) is -0.0594. The van der Waals surface area contributed by atoms with Crippen LogP contribution in [0.5, 0.6) is 0 Å². The van der Waals surface area contributed by atoms with E-state index in [1.54, 1.807) is 0 Å². The number of hydrogen-bond acceptors (Lipinski definition) is 2. The van der Waals surface area contributed by atoms with Crippen LogP contribution in [0.1, 0.15) is 16.7 Å². The molecule has 2 aromatic rings. The first-order valence-electron chi connectivity index (χ1n) is 6.87. The minimum atomic E-state index is -0.0594. The lowest BCUT2D eigenvalue weighted by molar-refractivity contribution is -0.119. The molecule has 4 heteroatoms. The van der Waals surface area contributed by atoms with Crippen LogP contribution >= 0.6 is 11.6 Å². The normalized spacial score (nSPS) is 10.2. The highest BCUT2D eigenvalue weighted by atomic mass is 35.5. The van der Waals surface area contributed by atoms with Gasteiger partial charge in [0, 0.05) is 17.3 Å². The number of hydrogen-bond donors (Lipinski definition) is 2. The minimum Gasteiger partial charge on any atom is -0.376 e.